The Kier molecular flexibility index (Phi) is 8.54. The third-order valence-corrected chi connectivity index (χ3v) is 4.68. The number of ether oxygens (including phenoxy) is 1. The molecule has 0 radical (unpaired) electrons. The molecule has 0 spiro atoms. The third kappa shape index (κ3) is 8.31. The second-order valence-electron chi connectivity index (χ2n) is 5.17. The highest BCUT2D eigenvalue weighted by Gasteiger charge is 2.18. The van der Waals surface area contributed by atoms with Gasteiger partial charge in [0.2, 0.25) is 15.9 Å². The fourth-order valence-corrected chi connectivity index (χ4v) is 2.85. The molecule has 0 aromatic heterocycles. The van der Waals surface area contributed by atoms with E-state index in [2.05, 4.69) is 5.32 Å². The molecule has 0 unspecified atom stereocenters. The molecule has 1 aromatic rings. The van der Waals surface area contributed by atoms with Gasteiger partial charge in [-0.05, 0) is 24.1 Å². The van der Waals surface area contributed by atoms with Crippen molar-refractivity contribution < 1.29 is 17.9 Å². The number of sulfonamides is 1. The van der Waals surface area contributed by atoms with Crippen molar-refractivity contribution in [3.05, 3.63) is 34.9 Å². The molecule has 1 amide bonds. The molecule has 0 saturated carbocycles. The summed E-state index contributed by atoms with van der Waals surface area (Å²) in [6.07, 6.45) is 1.98. The summed E-state index contributed by atoms with van der Waals surface area (Å²) in [6, 6.07) is 6.95. The summed E-state index contributed by atoms with van der Waals surface area (Å²) in [4.78, 5) is 11.7. The van der Waals surface area contributed by atoms with E-state index >= 15 is 0 Å². The summed E-state index contributed by atoms with van der Waals surface area (Å²) < 4.78 is 29.9. The lowest BCUT2D eigenvalue weighted by Gasteiger charge is -2.20. The van der Waals surface area contributed by atoms with Gasteiger partial charge in [0.15, 0.2) is 0 Å². The van der Waals surface area contributed by atoms with Crippen molar-refractivity contribution >= 4 is 27.5 Å². The van der Waals surface area contributed by atoms with Gasteiger partial charge in [-0.15, -0.1) is 0 Å². The van der Waals surface area contributed by atoms with Crippen LogP contribution in [0.5, 0.6) is 0 Å². The lowest BCUT2D eigenvalue weighted by Crippen LogP contribution is -2.34. The van der Waals surface area contributed by atoms with E-state index in [0.717, 1.165) is 18.2 Å². The standard InChI is InChI=1S/C15H23ClN2O4S/c1-22-11-3-9-17-15(19)8-10-18(23(2,20)21)12-13-4-6-14(16)7-5-13/h4-7H,3,8-12H2,1-2H3,(H,17,19). The van der Waals surface area contributed by atoms with E-state index in [-0.39, 0.29) is 25.4 Å². The Morgan fingerprint density at radius 2 is 1.96 bits per heavy atom. The van der Waals surface area contributed by atoms with Gasteiger partial charge in [-0.1, -0.05) is 23.7 Å². The van der Waals surface area contributed by atoms with Crippen molar-refractivity contribution in [3.63, 3.8) is 0 Å². The largest absolute Gasteiger partial charge is 0.385 e. The van der Waals surface area contributed by atoms with E-state index in [9.17, 15) is 13.2 Å². The minimum atomic E-state index is -3.40. The van der Waals surface area contributed by atoms with Crippen LogP contribution in [0.25, 0.3) is 0 Å². The highest BCUT2D eigenvalue weighted by molar-refractivity contribution is 7.88. The van der Waals surface area contributed by atoms with Crippen LogP contribution in [0.3, 0.4) is 0 Å². The zero-order valence-corrected chi connectivity index (χ0v) is 15.0. The Bertz CT molecular complexity index is 590. The Balaban J connectivity index is 2.52. The van der Waals surface area contributed by atoms with Crippen LogP contribution in [0.1, 0.15) is 18.4 Å². The molecule has 0 bridgehead atoms. The number of carbonyl (C=O) groups excluding carboxylic acids is 1. The molecule has 0 saturated heterocycles. The Hall–Kier alpha value is -1.15. The molecule has 0 aliphatic heterocycles. The summed E-state index contributed by atoms with van der Waals surface area (Å²) in [7, 11) is -1.80. The van der Waals surface area contributed by atoms with E-state index in [0.29, 0.717) is 18.2 Å². The van der Waals surface area contributed by atoms with E-state index in [1.54, 1.807) is 31.4 Å². The van der Waals surface area contributed by atoms with E-state index < -0.39 is 10.0 Å². The van der Waals surface area contributed by atoms with Gasteiger partial charge in [0.1, 0.15) is 0 Å². The maximum atomic E-state index is 11.9. The highest BCUT2D eigenvalue weighted by Crippen LogP contribution is 2.13. The topological polar surface area (TPSA) is 75.7 Å². The van der Waals surface area contributed by atoms with Crippen LogP contribution in [-0.4, -0.2) is 51.7 Å². The van der Waals surface area contributed by atoms with Gasteiger partial charge in [0.25, 0.3) is 0 Å². The van der Waals surface area contributed by atoms with Crippen molar-refractivity contribution in [1.29, 1.82) is 0 Å². The Morgan fingerprint density at radius 1 is 1.30 bits per heavy atom. The van der Waals surface area contributed by atoms with Crippen LogP contribution in [0, 0.1) is 0 Å². The van der Waals surface area contributed by atoms with E-state index in [1.165, 1.54) is 4.31 Å². The molecular formula is C15H23ClN2O4S. The fourth-order valence-electron chi connectivity index (χ4n) is 1.91. The van der Waals surface area contributed by atoms with Crippen LogP contribution in [0.2, 0.25) is 5.02 Å². The van der Waals surface area contributed by atoms with Gasteiger partial charge in [-0.2, -0.15) is 4.31 Å². The summed E-state index contributed by atoms with van der Waals surface area (Å²) in [6.45, 7) is 1.44. The lowest BCUT2D eigenvalue weighted by molar-refractivity contribution is -0.121. The molecule has 6 nitrogen and oxygen atoms in total. The lowest BCUT2D eigenvalue weighted by atomic mass is 10.2. The normalized spacial score (nSPS) is 11.7. The minimum absolute atomic E-state index is 0.119. The number of amides is 1. The first-order valence-corrected chi connectivity index (χ1v) is 9.50. The van der Waals surface area contributed by atoms with Gasteiger partial charge < -0.3 is 10.1 Å². The molecule has 1 N–H and O–H groups in total. The number of nitrogens with zero attached hydrogens (tertiary/aromatic N) is 1. The average Bonchev–Trinajstić information content (AvgIpc) is 2.48. The van der Waals surface area contributed by atoms with Crippen molar-refractivity contribution in [2.45, 2.75) is 19.4 Å². The van der Waals surface area contributed by atoms with Crippen LogP contribution in [0.15, 0.2) is 24.3 Å². The number of rotatable bonds is 10. The predicted molar refractivity (Wildman–Crippen MR) is 90.8 cm³/mol. The third-order valence-electron chi connectivity index (χ3n) is 3.18. The molecule has 1 rings (SSSR count). The smallest absolute Gasteiger partial charge is 0.221 e. The van der Waals surface area contributed by atoms with Gasteiger partial charge >= 0.3 is 0 Å². The average molecular weight is 363 g/mol. The molecule has 0 atom stereocenters. The molecule has 8 heteroatoms. The first-order valence-electron chi connectivity index (χ1n) is 7.28. The van der Waals surface area contributed by atoms with Crippen molar-refractivity contribution in [3.8, 4) is 0 Å². The van der Waals surface area contributed by atoms with Crippen molar-refractivity contribution in [2.24, 2.45) is 0 Å². The molecule has 0 aliphatic carbocycles. The molecule has 0 heterocycles. The Labute approximate surface area is 142 Å². The maximum absolute atomic E-state index is 11.9. The van der Waals surface area contributed by atoms with Crippen LogP contribution < -0.4 is 5.32 Å². The quantitative estimate of drug-likeness (QED) is 0.642. The molecule has 23 heavy (non-hydrogen) atoms. The summed E-state index contributed by atoms with van der Waals surface area (Å²) in [5.41, 5.74) is 0.820. The zero-order valence-electron chi connectivity index (χ0n) is 13.4. The summed E-state index contributed by atoms with van der Waals surface area (Å²) >= 11 is 5.82. The predicted octanol–water partition coefficient (Wildman–Crippen LogP) is 1.64. The van der Waals surface area contributed by atoms with Crippen LogP contribution >= 0.6 is 11.6 Å². The number of benzene rings is 1. The van der Waals surface area contributed by atoms with E-state index in [1.807, 2.05) is 0 Å². The fraction of sp³-hybridized carbons (Fsp3) is 0.533. The summed E-state index contributed by atoms with van der Waals surface area (Å²) in [5.74, 6) is -0.175. The monoisotopic (exact) mass is 362 g/mol. The molecule has 0 aliphatic rings. The minimum Gasteiger partial charge on any atom is -0.385 e. The van der Waals surface area contributed by atoms with Gasteiger partial charge in [-0.3, -0.25) is 4.79 Å². The first kappa shape index (κ1) is 19.9. The van der Waals surface area contributed by atoms with E-state index in [4.69, 9.17) is 16.3 Å². The van der Waals surface area contributed by atoms with Gasteiger partial charge in [0.05, 0.1) is 6.26 Å². The van der Waals surface area contributed by atoms with Gasteiger partial charge in [0, 0.05) is 44.8 Å². The van der Waals surface area contributed by atoms with Crippen molar-refractivity contribution in [1.82, 2.24) is 9.62 Å². The summed E-state index contributed by atoms with van der Waals surface area (Å²) in [5, 5.41) is 3.33. The number of methoxy groups -OCH3 is 1. The number of nitrogens with one attached hydrogen (secondary N) is 1. The highest BCUT2D eigenvalue weighted by atomic mass is 35.5. The Morgan fingerprint density at radius 3 is 2.52 bits per heavy atom. The zero-order chi connectivity index (χ0) is 17.3. The maximum Gasteiger partial charge on any atom is 0.221 e. The number of halogens is 1. The second-order valence-corrected chi connectivity index (χ2v) is 7.59. The molecular weight excluding hydrogens is 340 g/mol. The number of hydrogen-bond donors (Lipinski definition) is 1. The first-order chi connectivity index (χ1) is 10.8. The SMILES string of the molecule is COCCCNC(=O)CCN(Cc1ccc(Cl)cc1)S(C)(=O)=O. The molecule has 130 valence electrons. The van der Waals surface area contributed by atoms with Crippen molar-refractivity contribution in [2.75, 3.05) is 33.1 Å². The van der Waals surface area contributed by atoms with Crippen LogP contribution in [-0.2, 0) is 26.1 Å². The molecule has 1 aromatic carbocycles. The second kappa shape index (κ2) is 9.87. The van der Waals surface area contributed by atoms with Gasteiger partial charge in [-0.25, -0.2) is 8.42 Å². The molecule has 0 fully saturated rings. The number of carbonyl (C=O) groups is 1. The van der Waals surface area contributed by atoms with Crippen LogP contribution in [0.4, 0.5) is 0 Å². The number of hydrogen-bond acceptors (Lipinski definition) is 4.